The number of methoxy groups -OCH3 is 2. The summed E-state index contributed by atoms with van der Waals surface area (Å²) in [6, 6.07) is 3.58. The standard InChI is InChI=1S/C14H21BrN2O3/c1-17-6-7-20-11(8-17)13(16)9-4-5-10(18-2)12(15)14(9)19-3/h4-5,11,13H,6-8,16H2,1-3H3. The molecule has 2 N–H and O–H groups in total. The fourth-order valence-electron chi connectivity index (χ4n) is 2.41. The van der Waals surface area contributed by atoms with Gasteiger partial charge in [-0.2, -0.15) is 0 Å². The smallest absolute Gasteiger partial charge is 0.141 e. The molecule has 1 aliphatic rings. The Labute approximate surface area is 128 Å². The lowest BCUT2D eigenvalue weighted by Crippen LogP contribution is -2.45. The van der Waals surface area contributed by atoms with Gasteiger partial charge in [-0.05, 0) is 35.1 Å². The molecule has 1 aromatic rings. The minimum atomic E-state index is -0.241. The predicted octanol–water partition coefficient (Wildman–Crippen LogP) is 1.80. The van der Waals surface area contributed by atoms with Gasteiger partial charge >= 0.3 is 0 Å². The zero-order valence-electron chi connectivity index (χ0n) is 12.1. The topological polar surface area (TPSA) is 57.0 Å². The second kappa shape index (κ2) is 6.76. The van der Waals surface area contributed by atoms with Crippen molar-refractivity contribution in [1.29, 1.82) is 0 Å². The first-order valence-electron chi connectivity index (χ1n) is 6.54. The van der Waals surface area contributed by atoms with Crippen molar-refractivity contribution in [2.75, 3.05) is 41.0 Å². The van der Waals surface area contributed by atoms with Crippen molar-refractivity contribution in [3.63, 3.8) is 0 Å². The van der Waals surface area contributed by atoms with Gasteiger partial charge in [0, 0.05) is 18.7 Å². The van der Waals surface area contributed by atoms with Crippen LogP contribution in [0, 0.1) is 0 Å². The molecule has 6 heteroatoms. The summed E-state index contributed by atoms with van der Waals surface area (Å²) in [7, 11) is 5.32. The van der Waals surface area contributed by atoms with Crippen molar-refractivity contribution >= 4 is 15.9 Å². The Morgan fingerprint density at radius 3 is 2.75 bits per heavy atom. The number of ether oxygens (including phenoxy) is 3. The number of likely N-dealkylation sites (N-methyl/N-ethyl adjacent to an activating group) is 1. The third-order valence-corrected chi connectivity index (χ3v) is 4.32. The lowest BCUT2D eigenvalue weighted by atomic mass is 9.99. The highest BCUT2D eigenvalue weighted by Gasteiger charge is 2.28. The molecule has 1 aromatic carbocycles. The lowest BCUT2D eigenvalue weighted by Gasteiger charge is -2.34. The van der Waals surface area contributed by atoms with Crippen LogP contribution in [-0.2, 0) is 4.74 Å². The van der Waals surface area contributed by atoms with Crippen molar-refractivity contribution in [3.8, 4) is 11.5 Å². The average molecular weight is 345 g/mol. The molecule has 2 atom stereocenters. The highest BCUT2D eigenvalue weighted by molar-refractivity contribution is 9.10. The maximum Gasteiger partial charge on any atom is 0.141 e. The SMILES string of the molecule is COc1ccc(C(N)C2CN(C)CCO2)c(OC)c1Br. The maximum atomic E-state index is 6.38. The fourth-order valence-corrected chi connectivity index (χ4v) is 3.09. The molecular weight excluding hydrogens is 324 g/mol. The van der Waals surface area contributed by atoms with E-state index in [4.69, 9.17) is 19.9 Å². The number of hydrogen-bond acceptors (Lipinski definition) is 5. The van der Waals surface area contributed by atoms with Crippen LogP contribution in [0.3, 0.4) is 0 Å². The van der Waals surface area contributed by atoms with Gasteiger partial charge < -0.3 is 24.8 Å². The number of hydrogen-bond donors (Lipinski definition) is 1. The minimum Gasteiger partial charge on any atom is -0.495 e. The van der Waals surface area contributed by atoms with E-state index in [-0.39, 0.29) is 12.1 Å². The highest BCUT2D eigenvalue weighted by Crippen LogP contribution is 2.40. The van der Waals surface area contributed by atoms with Crippen LogP contribution in [0.4, 0.5) is 0 Å². The second-order valence-corrected chi connectivity index (χ2v) is 5.69. The number of morpholine rings is 1. The van der Waals surface area contributed by atoms with Gasteiger partial charge in [0.15, 0.2) is 0 Å². The van der Waals surface area contributed by atoms with E-state index in [2.05, 4.69) is 27.9 Å². The van der Waals surface area contributed by atoms with Crippen molar-refractivity contribution in [3.05, 3.63) is 22.2 Å². The molecule has 1 heterocycles. The Morgan fingerprint density at radius 2 is 2.15 bits per heavy atom. The largest absolute Gasteiger partial charge is 0.495 e. The predicted molar refractivity (Wildman–Crippen MR) is 81.4 cm³/mol. The summed E-state index contributed by atoms with van der Waals surface area (Å²) >= 11 is 3.50. The molecule has 0 bridgehead atoms. The van der Waals surface area contributed by atoms with E-state index >= 15 is 0 Å². The van der Waals surface area contributed by atoms with E-state index in [1.54, 1.807) is 14.2 Å². The van der Waals surface area contributed by atoms with Gasteiger partial charge in [0.1, 0.15) is 16.0 Å². The normalized spacial score (nSPS) is 21.6. The van der Waals surface area contributed by atoms with Crippen LogP contribution in [-0.4, -0.2) is 52.0 Å². The van der Waals surface area contributed by atoms with E-state index in [1.165, 1.54) is 0 Å². The molecule has 0 radical (unpaired) electrons. The highest BCUT2D eigenvalue weighted by atomic mass is 79.9. The summed E-state index contributed by atoms with van der Waals surface area (Å²) < 4.78 is 17.3. The fraction of sp³-hybridized carbons (Fsp3) is 0.571. The van der Waals surface area contributed by atoms with Crippen molar-refractivity contribution in [2.24, 2.45) is 5.73 Å². The van der Waals surface area contributed by atoms with Crippen LogP contribution in [0.5, 0.6) is 11.5 Å². The summed E-state index contributed by atoms with van der Waals surface area (Å²) in [5.74, 6) is 1.42. The summed E-state index contributed by atoms with van der Waals surface area (Å²) in [5.41, 5.74) is 7.29. The Kier molecular flexibility index (Phi) is 5.26. The first-order valence-corrected chi connectivity index (χ1v) is 7.34. The molecule has 1 aliphatic heterocycles. The molecular formula is C14H21BrN2O3. The van der Waals surface area contributed by atoms with Gasteiger partial charge in [0.05, 0.1) is 33.0 Å². The van der Waals surface area contributed by atoms with Crippen LogP contribution >= 0.6 is 15.9 Å². The van der Waals surface area contributed by atoms with Gasteiger partial charge in [0.2, 0.25) is 0 Å². The number of nitrogens with zero attached hydrogens (tertiary/aromatic N) is 1. The molecule has 1 fully saturated rings. The third-order valence-electron chi connectivity index (χ3n) is 3.57. The molecule has 0 aromatic heterocycles. The molecule has 2 unspecified atom stereocenters. The van der Waals surface area contributed by atoms with Crippen LogP contribution in [0.25, 0.3) is 0 Å². The van der Waals surface area contributed by atoms with Crippen LogP contribution in [0.2, 0.25) is 0 Å². The average Bonchev–Trinajstić information content (AvgIpc) is 2.46. The summed E-state index contributed by atoms with van der Waals surface area (Å²) in [6.45, 7) is 2.45. The zero-order valence-corrected chi connectivity index (χ0v) is 13.6. The number of rotatable bonds is 4. The van der Waals surface area contributed by atoms with E-state index < -0.39 is 0 Å². The monoisotopic (exact) mass is 344 g/mol. The van der Waals surface area contributed by atoms with Crippen LogP contribution < -0.4 is 15.2 Å². The van der Waals surface area contributed by atoms with E-state index in [1.807, 2.05) is 12.1 Å². The Bertz CT molecular complexity index is 470. The maximum absolute atomic E-state index is 6.38. The molecule has 0 saturated carbocycles. The van der Waals surface area contributed by atoms with Crippen molar-refractivity contribution in [1.82, 2.24) is 4.90 Å². The van der Waals surface area contributed by atoms with Gasteiger partial charge in [-0.1, -0.05) is 0 Å². The molecule has 1 saturated heterocycles. The first-order chi connectivity index (χ1) is 9.58. The molecule has 2 rings (SSSR count). The summed E-state index contributed by atoms with van der Waals surface area (Å²) in [5, 5.41) is 0. The molecule has 0 aliphatic carbocycles. The van der Waals surface area contributed by atoms with Crippen LogP contribution in [0.1, 0.15) is 11.6 Å². The molecule has 20 heavy (non-hydrogen) atoms. The van der Waals surface area contributed by atoms with Crippen LogP contribution in [0.15, 0.2) is 16.6 Å². The van der Waals surface area contributed by atoms with Gasteiger partial charge in [-0.25, -0.2) is 0 Å². The summed E-state index contributed by atoms with van der Waals surface area (Å²) in [4.78, 5) is 2.22. The number of halogens is 1. The molecule has 5 nitrogen and oxygen atoms in total. The minimum absolute atomic E-state index is 0.0389. The van der Waals surface area contributed by atoms with E-state index in [0.717, 1.165) is 28.9 Å². The third kappa shape index (κ3) is 3.09. The van der Waals surface area contributed by atoms with Crippen molar-refractivity contribution < 1.29 is 14.2 Å². The molecule has 0 amide bonds. The number of benzene rings is 1. The van der Waals surface area contributed by atoms with Gasteiger partial charge in [-0.15, -0.1) is 0 Å². The van der Waals surface area contributed by atoms with E-state index in [0.29, 0.717) is 12.4 Å². The van der Waals surface area contributed by atoms with Gasteiger partial charge in [0.25, 0.3) is 0 Å². The van der Waals surface area contributed by atoms with Gasteiger partial charge in [-0.3, -0.25) is 0 Å². The quantitative estimate of drug-likeness (QED) is 0.902. The zero-order chi connectivity index (χ0) is 14.7. The Hall–Kier alpha value is -0.820. The van der Waals surface area contributed by atoms with Crippen molar-refractivity contribution in [2.45, 2.75) is 12.1 Å². The summed E-state index contributed by atoms with van der Waals surface area (Å²) in [6.07, 6.45) is -0.0389. The Balaban J connectivity index is 2.29. The lowest BCUT2D eigenvalue weighted by molar-refractivity contribution is -0.0329. The Morgan fingerprint density at radius 1 is 1.40 bits per heavy atom. The second-order valence-electron chi connectivity index (χ2n) is 4.90. The first kappa shape index (κ1) is 15.6. The molecule has 0 spiro atoms. The van der Waals surface area contributed by atoms with E-state index in [9.17, 15) is 0 Å². The number of nitrogens with two attached hydrogens (primary N) is 1. The molecule has 112 valence electrons.